The summed E-state index contributed by atoms with van der Waals surface area (Å²) in [6.45, 7) is 1.84. The Morgan fingerprint density at radius 2 is 2.06 bits per heavy atom. The average Bonchev–Trinajstić information content (AvgIpc) is 2.69. The van der Waals surface area contributed by atoms with E-state index in [9.17, 15) is 0 Å². The Morgan fingerprint density at radius 3 is 2.56 bits per heavy atom. The van der Waals surface area contributed by atoms with Gasteiger partial charge in [-0.2, -0.15) is 5.26 Å². The summed E-state index contributed by atoms with van der Waals surface area (Å²) in [6.07, 6.45) is 1.55. The summed E-state index contributed by atoms with van der Waals surface area (Å²) in [6, 6.07) is 9.77. The molecule has 80 valence electrons. The van der Waals surface area contributed by atoms with E-state index in [-0.39, 0.29) is 0 Å². The molecule has 0 amide bonds. The number of halogens is 1. The zero-order valence-electron chi connectivity index (χ0n) is 8.64. The Hall–Kier alpha value is -1.60. The van der Waals surface area contributed by atoms with E-state index in [0.29, 0.717) is 5.89 Å². The first-order valence-electron chi connectivity index (χ1n) is 4.78. The lowest BCUT2D eigenvalue weighted by atomic mass is 10.0. The van der Waals surface area contributed by atoms with Crippen LogP contribution < -0.4 is 0 Å². The van der Waals surface area contributed by atoms with Crippen LogP contribution in [0.1, 0.15) is 23.1 Å². The van der Waals surface area contributed by atoms with Crippen molar-refractivity contribution in [2.45, 2.75) is 12.8 Å². The number of hydrogen-bond donors (Lipinski definition) is 0. The minimum Gasteiger partial charge on any atom is -0.447 e. The number of aryl methyl sites for hydroxylation is 1. The van der Waals surface area contributed by atoms with Crippen molar-refractivity contribution in [1.82, 2.24) is 4.98 Å². The van der Waals surface area contributed by atoms with E-state index in [2.05, 4.69) is 27.0 Å². The van der Waals surface area contributed by atoms with Crippen LogP contribution in [0, 0.1) is 18.3 Å². The SMILES string of the molecule is Cc1coc(C(C#N)c2ccc(Br)cc2)n1. The second-order valence-corrected chi connectivity index (χ2v) is 4.36. The summed E-state index contributed by atoms with van der Waals surface area (Å²) in [5.41, 5.74) is 1.67. The van der Waals surface area contributed by atoms with E-state index in [0.717, 1.165) is 15.7 Å². The predicted molar refractivity (Wildman–Crippen MR) is 62.8 cm³/mol. The quantitative estimate of drug-likeness (QED) is 0.845. The third kappa shape index (κ3) is 2.15. The highest BCUT2D eigenvalue weighted by Gasteiger charge is 2.18. The van der Waals surface area contributed by atoms with Crippen molar-refractivity contribution in [2.75, 3.05) is 0 Å². The van der Waals surface area contributed by atoms with E-state index in [1.807, 2.05) is 31.2 Å². The molecule has 4 heteroatoms. The number of hydrogen-bond acceptors (Lipinski definition) is 3. The van der Waals surface area contributed by atoms with Gasteiger partial charge in [-0.25, -0.2) is 4.98 Å². The number of aromatic nitrogens is 1. The van der Waals surface area contributed by atoms with Crippen LogP contribution in [0.25, 0.3) is 0 Å². The molecule has 0 spiro atoms. The maximum absolute atomic E-state index is 9.15. The van der Waals surface area contributed by atoms with Crippen molar-refractivity contribution in [3.05, 3.63) is 52.1 Å². The molecule has 3 nitrogen and oxygen atoms in total. The Morgan fingerprint density at radius 1 is 1.38 bits per heavy atom. The summed E-state index contributed by atoms with van der Waals surface area (Å²) in [4.78, 5) is 4.18. The number of rotatable bonds is 2. The molecular weight excluding hydrogens is 268 g/mol. The van der Waals surface area contributed by atoms with E-state index in [1.54, 1.807) is 6.26 Å². The van der Waals surface area contributed by atoms with Crippen LogP contribution in [0.2, 0.25) is 0 Å². The predicted octanol–water partition coefficient (Wildman–Crippen LogP) is 3.40. The van der Waals surface area contributed by atoms with Gasteiger partial charge in [0.2, 0.25) is 5.89 Å². The van der Waals surface area contributed by atoms with E-state index in [4.69, 9.17) is 9.68 Å². The molecule has 0 saturated heterocycles. The normalized spacial score (nSPS) is 12.1. The van der Waals surface area contributed by atoms with Gasteiger partial charge in [-0.3, -0.25) is 0 Å². The lowest BCUT2D eigenvalue weighted by Gasteiger charge is -2.04. The Kier molecular flexibility index (Phi) is 3.07. The standard InChI is InChI=1S/C12H9BrN2O/c1-8-7-16-12(15-8)11(6-14)9-2-4-10(13)5-3-9/h2-5,7,11H,1H3. The van der Waals surface area contributed by atoms with Gasteiger partial charge in [-0.1, -0.05) is 28.1 Å². The Labute approximate surface area is 102 Å². The van der Waals surface area contributed by atoms with Gasteiger partial charge < -0.3 is 4.42 Å². The molecule has 0 radical (unpaired) electrons. The fourth-order valence-electron chi connectivity index (χ4n) is 1.43. The highest BCUT2D eigenvalue weighted by atomic mass is 79.9. The van der Waals surface area contributed by atoms with Gasteiger partial charge in [0, 0.05) is 4.47 Å². The molecule has 1 aromatic heterocycles. The lowest BCUT2D eigenvalue weighted by Crippen LogP contribution is -1.98. The monoisotopic (exact) mass is 276 g/mol. The molecule has 2 aromatic rings. The zero-order chi connectivity index (χ0) is 11.5. The Bertz CT molecular complexity index is 525. The molecule has 16 heavy (non-hydrogen) atoms. The van der Waals surface area contributed by atoms with Gasteiger partial charge >= 0.3 is 0 Å². The number of nitrogens with zero attached hydrogens (tertiary/aromatic N) is 2. The molecule has 1 aromatic carbocycles. The summed E-state index contributed by atoms with van der Waals surface area (Å²) in [7, 11) is 0. The molecule has 0 aliphatic rings. The summed E-state index contributed by atoms with van der Waals surface area (Å²) < 4.78 is 6.24. The second-order valence-electron chi connectivity index (χ2n) is 3.44. The Balaban J connectivity index is 2.37. The van der Waals surface area contributed by atoms with Crippen LogP contribution in [0.15, 0.2) is 39.4 Å². The third-order valence-corrected chi connectivity index (χ3v) is 2.74. The molecular formula is C12H9BrN2O. The van der Waals surface area contributed by atoms with Gasteiger partial charge in [0.05, 0.1) is 11.8 Å². The van der Waals surface area contributed by atoms with Gasteiger partial charge in [-0.05, 0) is 24.6 Å². The minimum absolute atomic E-state index is 0.443. The van der Waals surface area contributed by atoms with E-state index in [1.165, 1.54) is 0 Å². The zero-order valence-corrected chi connectivity index (χ0v) is 10.2. The number of oxazole rings is 1. The van der Waals surface area contributed by atoms with Crippen LogP contribution >= 0.6 is 15.9 Å². The van der Waals surface area contributed by atoms with Gasteiger partial charge in [0.25, 0.3) is 0 Å². The number of nitriles is 1. The van der Waals surface area contributed by atoms with Crippen molar-refractivity contribution in [3.8, 4) is 6.07 Å². The molecule has 0 aliphatic carbocycles. The van der Waals surface area contributed by atoms with Crippen molar-refractivity contribution >= 4 is 15.9 Å². The molecule has 2 rings (SSSR count). The summed E-state index contributed by atoms with van der Waals surface area (Å²) >= 11 is 3.35. The summed E-state index contributed by atoms with van der Waals surface area (Å²) in [5, 5.41) is 9.15. The average molecular weight is 277 g/mol. The maximum Gasteiger partial charge on any atom is 0.216 e. The molecule has 0 N–H and O–H groups in total. The first-order valence-corrected chi connectivity index (χ1v) is 5.57. The maximum atomic E-state index is 9.15. The van der Waals surface area contributed by atoms with Gasteiger partial charge in [0.15, 0.2) is 0 Å². The van der Waals surface area contributed by atoms with Crippen LogP contribution in [-0.2, 0) is 0 Å². The fraction of sp³-hybridized carbons (Fsp3) is 0.167. The van der Waals surface area contributed by atoms with Gasteiger partial charge in [-0.15, -0.1) is 0 Å². The van der Waals surface area contributed by atoms with Crippen LogP contribution in [0.4, 0.5) is 0 Å². The highest BCUT2D eigenvalue weighted by Crippen LogP contribution is 2.24. The number of benzene rings is 1. The van der Waals surface area contributed by atoms with Crippen molar-refractivity contribution in [1.29, 1.82) is 5.26 Å². The van der Waals surface area contributed by atoms with Crippen LogP contribution in [-0.4, -0.2) is 4.98 Å². The molecule has 0 fully saturated rings. The van der Waals surface area contributed by atoms with Crippen LogP contribution in [0.3, 0.4) is 0 Å². The molecule has 1 unspecified atom stereocenters. The smallest absolute Gasteiger partial charge is 0.216 e. The topological polar surface area (TPSA) is 49.8 Å². The highest BCUT2D eigenvalue weighted by molar-refractivity contribution is 9.10. The second kappa shape index (κ2) is 4.50. The lowest BCUT2D eigenvalue weighted by molar-refractivity contribution is 0.493. The summed E-state index contributed by atoms with van der Waals surface area (Å²) in [5.74, 6) is 0.00382. The molecule has 0 saturated carbocycles. The van der Waals surface area contributed by atoms with E-state index >= 15 is 0 Å². The van der Waals surface area contributed by atoms with Crippen molar-refractivity contribution in [2.24, 2.45) is 0 Å². The minimum atomic E-state index is -0.443. The van der Waals surface area contributed by atoms with Crippen molar-refractivity contribution < 1.29 is 4.42 Å². The molecule has 0 aliphatic heterocycles. The fourth-order valence-corrected chi connectivity index (χ4v) is 1.70. The first kappa shape index (κ1) is 10.9. The largest absolute Gasteiger partial charge is 0.447 e. The molecule has 1 heterocycles. The first-order chi connectivity index (χ1) is 7.70. The van der Waals surface area contributed by atoms with Gasteiger partial charge in [0.1, 0.15) is 12.2 Å². The third-order valence-electron chi connectivity index (χ3n) is 2.22. The van der Waals surface area contributed by atoms with Crippen LogP contribution in [0.5, 0.6) is 0 Å². The molecule has 1 atom stereocenters. The molecule has 0 bridgehead atoms. The van der Waals surface area contributed by atoms with Crippen molar-refractivity contribution in [3.63, 3.8) is 0 Å². The van der Waals surface area contributed by atoms with E-state index < -0.39 is 5.92 Å².